The number of alkyl halides is 3. The van der Waals surface area contributed by atoms with Crippen molar-refractivity contribution in [3.8, 4) is 6.01 Å². The monoisotopic (exact) mass is 442 g/mol. The van der Waals surface area contributed by atoms with E-state index < -0.39 is 12.0 Å². The SMILES string of the molecule is CCCc1cc2c(N3CCn4c(nnc4C(F)(F)F)C3)nc(OCCOC)nc2s1. The van der Waals surface area contributed by atoms with Gasteiger partial charge in [0.2, 0.25) is 5.82 Å². The summed E-state index contributed by atoms with van der Waals surface area (Å²) in [5, 5.41) is 7.97. The Bertz CT molecular complexity index is 1040. The average molecular weight is 442 g/mol. The van der Waals surface area contributed by atoms with Crippen LogP contribution >= 0.6 is 11.3 Å². The lowest BCUT2D eigenvalue weighted by molar-refractivity contribution is -0.147. The number of fused-ring (bicyclic) bond motifs is 2. The molecule has 162 valence electrons. The minimum absolute atomic E-state index is 0.120. The first-order valence-corrected chi connectivity index (χ1v) is 10.4. The number of ether oxygens (including phenoxy) is 2. The van der Waals surface area contributed by atoms with Gasteiger partial charge in [-0.3, -0.25) is 0 Å². The lowest BCUT2D eigenvalue weighted by Gasteiger charge is -2.29. The number of hydrogen-bond acceptors (Lipinski definition) is 8. The molecule has 0 unspecified atom stereocenters. The maximum atomic E-state index is 13.1. The molecule has 30 heavy (non-hydrogen) atoms. The van der Waals surface area contributed by atoms with Gasteiger partial charge in [0.1, 0.15) is 17.3 Å². The van der Waals surface area contributed by atoms with Crippen LogP contribution in [0.2, 0.25) is 0 Å². The van der Waals surface area contributed by atoms with Crippen LogP contribution in [0.5, 0.6) is 6.01 Å². The highest BCUT2D eigenvalue weighted by molar-refractivity contribution is 7.18. The number of anilines is 1. The molecule has 0 aromatic carbocycles. The summed E-state index contributed by atoms with van der Waals surface area (Å²) < 4.78 is 51.1. The summed E-state index contributed by atoms with van der Waals surface area (Å²) in [5.74, 6) is -0.0747. The summed E-state index contributed by atoms with van der Waals surface area (Å²) in [6, 6.07) is 2.28. The van der Waals surface area contributed by atoms with Crippen molar-refractivity contribution in [1.29, 1.82) is 0 Å². The van der Waals surface area contributed by atoms with Gasteiger partial charge >= 0.3 is 12.2 Å². The summed E-state index contributed by atoms with van der Waals surface area (Å²) in [5.41, 5.74) is 0. The van der Waals surface area contributed by atoms with E-state index in [1.165, 1.54) is 4.88 Å². The highest BCUT2D eigenvalue weighted by atomic mass is 32.1. The quantitative estimate of drug-likeness (QED) is 0.520. The topological polar surface area (TPSA) is 78.2 Å². The molecule has 3 aromatic rings. The van der Waals surface area contributed by atoms with E-state index >= 15 is 0 Å². The lowest BCUT2D eigenvalue weighted by atomic mass is 10.2. The smallest absolute Gasteiger partial charge is 0.451 e. The van der Waals surface area contributed by atoms with Crippen LogP contribution in [0, 0.1) is 0 Å². The third kappa shape index (κ3) is 4.06. The van der Waals surface area contributed by atoms with Crippen molar-refractivity contribution in [1.82, 2.24) is 24.7 Å². The molecular formula is C18H21F3N6O2S. The van der Waals surface area contributed by atoms with Crippen molar-refractivity contribution in [3.05, 3.63) is 22.6 Å². The summed E-state index contributed by atoms with van der Waals surface area (Å²) in [6.07, 6.45) is -2.61. The van der Waals surface area contributed by atoms with E-state index in [2.05, 4.69) is 33.2 Å². The Balaban J connectivity index is 1.69. The first-order chi connectivity index (χ1) is 14.4. The predicted octanol–water partition coefficient (Wildman–Crippen LogP) is 3.30. The fourth-order valence-electron chi connectivity index (χ4n) is 3.38. The van der Waals surface area contributed by atoms with E-state index in [-0.39, 0.29) is 24.9 Å². The molecule has 0 saturated carbocycles. The fourth-order valence-corrected chi connectivity index (χ4v) is 4.49. The minimum atomic E-state index is -4.53. The zero-order valence-electron chi connectivity index (χ0n) is 16.6. The highest BCUT2D eigenvalue weighted by Crippen LogP contribution is 2.35. The molecule has 4 heterocycles. The molecule has 1 aliphatic heterocycles. The first-order valence-electron chi connectivity index (χ1n) is 9.57. The van der Waals surface area contributed by atoms with Gasteiger partial charge in [-0.1, -0.05) is 13.3 Å². The van der Waals surface area contributed by atoms with E-state index in [4.69, 9.17) is 9.47 Å². The molecule has 0 radical (unpaired) electrons. The Hall–Kier alpha value is -2.47. The van der Waals surface area contributed by atoms with Crippen LogP contribution in [0.3, 0.4) is 0 Å². The standard InChI is InChI=1S/C18H21F3N6O2S/c1-3-4-11-9-12-14(22-17(23-15(12)30-11)29-8-7-28-2)26-5-6-27-13(10-26)24-25-16(27)18(19,20)21/h9H,3-8,10H2,1-2H3. The van der Waals surface area contributed by atoms with Crippen molar-refractivity contribution in [3.63, 3.8) is 0 Å². The molecule has 4 rings (SSSR count). The summed E-state index contributed by atoms with van der Waals surface area (Å²) >= 11 is 1.58. The van der Waals surface area contributed by atoms with E-state index in [1.807, 2.05) is 4.90 Å². The number of halogens is 3. The maximum absolute atomic E-state index is 13.1. The molecule has 0 amide bonds. The Morgan fingerprint density at radius 3 is 2.73 bits per heavy atom. The van der Waals surface area contributed by atoms with Crippen LogP contribution in [0.1, 0.15) is 29.9 Å². The van der Waals surface area contributed by atoms with Crippen LogP contribution in [-0.2, 0) is 30.4 Å². The van der Waals surface area contributed by atoms with Crippen molar-refractivity contribution in [2.75, 3.05) is 31.8 Å². The largest absolute Gasteiger partial charge is 0.461 e. The van der Waals surface area contributed by atoms with Gasteiger partial charge in [0.05, 0.1) is 18.5 Å². The van der Waals surface area contributed by atoms with Crippen molar-refractivity contribution in [2.24, 2.45) is 0 Å². The van der Waals surface area contributed by atoms with E-state index in [0.29, 0.717) is 25.6 Å². The Morgan fingerprint density at radius 2 is 2.00 bits per heavy atom. The van der Waals surface area contributed by atoms with Crippen molar-refractivity contribution < 1.29 is 22.6 Å². The van der Waals surface area contributed by atoms with Crippen LogP contribution in [-0.4, -0.2) is 51.6 Å². The molecule has 0 spiro atoms. The van der Waals surface area contributed by atoms with Gasteiger partial charge in [0.15, 0.2) is 5.82 Å². The van der Waals surface area contributed by atoms with Crippen LogP contribution in [0.4, 0.5) is 19.0 Å². The second-order valence-electron chi connectivity index (χ2n) is 6.86. The van der Waals surface area contributed by atoms with Crippen LogP contribution < -0.4 is 9.64 Å². The molecule has 0 saturated heterocycles. The molecule has 0 bridgehead atoms. The average Bonchev–Trinajstić information content (AvgIpc) is 3.30. The zero-order valence-corrected chi connectivity index (χ0v) is 17.4. The van der Waals surface area contributed by atoms with Gasteiger partial charge in [-0.25, -0.2) is 0 Å². The highest BCUT2D eigenvalue weighted by Gasteiger charge is 2.39. The van der Waals surface area contributed by atoms with Crippen molar-refractivity contribution in [2.45, 2.75) is 39.0 Å². The molecule has 1 aliphatic rings. The second kappa shape index (κ2) is 8.34. The predicted molar refractivity (Wildman–Crippen MR) is 105 cm³/mol. The number of hydrogen-bond donors (Lipinski definition) is 0. The normalized spacial score (nSPS) is 14.4. The number of aryl methyl sites for hydroxylation is 1. The third-order valence-corrected chi connectivity index (χ3v) is 5.81. The van der Waals surface area contributed by atoms with E-state index in [1.54, 1.807) is 18.4 Å². The fraction of sp³-hybridized carbons (Fsp3) is 0.556. The zero-order chi connectivity index (χ0) is 21.3. The summed E-state index contributed by atoms with van der Waals surface area (Å²) in [6.45, 7) is 3.44. The van der Waals surface area contributed by atoms with Crippen molar-refractivity contribution >= 4 is 27.4 Å². The van der Waals surface area contributed by atoms with Crippen LogP contribution in [0.15, 0.2) is 6.07 Å². The van der Waals surface area contributed by atoms with Gasteiger partial charge in [0, 0.05) is 25.1 Å². The Labute approximate surface area is 174 Å². The molecule has 12 heteroatoms. The Morgan fingerprint density at radius 1 is 1.17 bits per heavy atom. The second-order valence-corrected chi connectivity index (χ2v) is 7.98. The third-order valence-electron chi connectivity index (χ3n) is 4.72. The number of methoxy groups -OCH3 is 1. The van der Waals surface area contributed by atoms with Gasteiger partial charge < -0.3 is 18.9 Å². The molecule has 0 N–H and O–H groups in total. The lowest BCUT2D eigenvalue weighted by Crippen LogP contribution is -2.36. The summed E-state index contributed by atoms with van der Waals surface area (Å²) in [4.78, 5) is 12.9. The molecule has 0 atom stereocenters. The molecule has 0 aliphatic carbocycles. The van der Waals surface area contributed by atoms with Gasteiger partial charge in [-0.15, -0.1) is 21.5 Å². The Kier molecular flexibility index (Phi) is 5.78. The maximum Gasteiger partial charge on any atom is 0.451 e. The van der Waals surface area contributed by atoms with Gasteiger partial charge in [-0.05, 0) is 12.5 Å². The van der Waals surface area contributed by atoms with E-state index in [9.17, 15) is 13.2 Å². The van der Waals surface area contributed by atoms with E-state index in [0.717, 1.165) is 27.6 Å². The molecule has 8 nitrogen and oxygen atoms in total. The van der Waals surface area contributed by atoms with Crippen LogP contribution in [0.25, 0.3) is 10.2 Å². The number of aromatic nitrogens is 5. The number of thiophene rings is 1. The number of rotatable bonds is 7. The molecule has 0 fully saturated rings. The molecule has 3 aromatic heterocycles. The van der Waals surface area contributed by atoms with Gasteiger partial charge in [0.25, 0.3) is 0 Å². The number of nitrogens with zero attached hydrogens (tertiary/aromatic N) is 6. The summed E-state index contributed by atoms with van der Waals surface area (Å²) in [7, 11) is 1.58. The molecular weight excluding hydrogens is 421 g/mol. The minimum Gasteiger partial charge on any atom is -0.461 e. The first kappa shape index (κ1) is 20.8. The van der Waals surface area contributed by atoms with Gasteiger partial charge in [-0.2, -0.15) is 23.1 Å².